The second-order valence-corrected chi connectivity index (χ2v) is 7.70. The van der Waals surface area contributed by atoms with Gasteiger partial charge in [-0.25, -0.2) is 9.37 Å². The first-order valence-electron chi connectivity index (χ1n) is 9.36. The van der Waals surface area contributed by atoms with Gasteiger partial charge in [-0.2, -0.15) is 0 Å². The number of carbonyl (C=O) groups is 2. The van der Waals surface area contributed by atoms with E-state index in [0.717, 1.165) is 29.1 Å². The number of benzene rings is 2. The van der Waals surface area contributed by atoms with Crippen LogP contribution in [0.25, 0.3) is 11.3 Å². The largest absolute Gasteiger partial charge is 0.482 e. The minimum absolute atomic E-state index is 0.125. The number of amides is 1. The molecule has 0 fully saturated rings. The van der Waals surface area contributed by atoms with Gasteiger partial charge >= 0.3 is 0 Å². The van der Waals surface area contributed by atoms with E-state index in [9.17, 15) is 14.0 Å². The summed E-state index contributed by atoms with van der Waals surface area (Å²) in [6.45, 7) is 1.85. The van der Waals surface area contributed by atoms with Crippen LogP contribution in [0, 0.1) is 5.82 Å². The summed E-state index contributed by atoms with van der Waals surface area (Å²) in [4.78, 5) is 31.2. The van der Waals surface area contributed by atoms with E-state index in [0.29, 0.717) is 17.0 Å². The highest BCUT2D eigenvalue weighted by Crippen LogP contribution is 2.36. The quantitative estimate of drug-likeness (QED) is 0.561. The Morgan fingerprint density at radius 1 is 1.24 bits per heavy atom. The van der Waals surface area contributed by atoms with Gasteiger partial charge in [0.05, 0.1) is 22.9 Å². The minimum Gasteiger partial charge on any atom is -0.482 e. The molecular formula is C22H19FN2O3S. The fraction of sp³-hybridized carbons (Fsp3) is 0.227. The number of hydrogen-bond acceptors (Lipinski definition) is 5. The zero-order valence-corrected chi connectivity index (χ0v) is 16.7. The van der Waals surface area contributed by atoms with Crippen LogP contribution >= 0.6 is 11.3 Å². The molecule has 0 unspecified atom stereocenters. The lowest BCUT2D eigenvalue weighted by atomic mass is 10.1. The van der Waals surface area contributed by atoms with E-state index >= 15 is 0 Å². The number of nitrogens with zero attached hydrogens (tertiary/aromatic N) is 2. The number of rotatable bonds is 6. The van der Waals surface area contributed by atoms with Crippen molar-refractivity contribution in [2.45, 2.75) is 19.8 Å². The number of aryl methyl sites for hydroxylation is 1. The molecule has 0 saturated carbocycles. The predicted octanol–water partition coefficient (Wildman–Crippen LogP) is 4.51. The van der Waals surface area contributed by atoms with E-state index in [-0.39, 0.29) is 24.8 Å². The van der Waals surface area contributed by atoms with Crippen molar-refractivity contribution in [2.75, 3.05) is 18.1 Å². The minimum atomic E-state index is -0.412. The van der Waals surface area contributed by atoms with E-state index in [1.165, 1.54) is 29.2 Å². The van der Waals surface area contributed by atoms with E-state index in [1.54, 1.807) is 17.4 Å². The Hall–Kier alpha value is -3.06. The molecule has 148 valence electrons. The standard InChI is InChI=1S/C22H19FN2O3S/c1-2-3-21-24-17(13-29-21)15-6-9-20-18(10-15)25(22(27)12-28-20)11-19(26)14-4-7-16(23)8-5-14/h4-10,13H,2-3,11-12H2,1H3. The van der Waals surface area contributed by atoms with Crippen LogP contribution in [0.4, 0.5) is 10.1 Å². The molecule has 0 bridgehead atoms. The topological polar surface area (TPSA) is 59.5 Å². The number of thiazole rings is 1. The molecule has 0 spiro atoms. The average Bonchev–Trinajstić information content (AvgIpc) is 3.19. The molecule has 4 rings (SSSR count). The van der Waals surface area contributed by atoms with Crippen LogP contribution in [0.1, 0.15) is 28.7 Å². The molecule has 1 aliphatic rings. The Kier molecular flexibility index (Phi) is 5.40. The maximum absolute atomic E-state index is 13.1. The predicted molar refractivity (Wildman–Crippen MR) is 110 cm³/mol. The van der Waals surface area contributed by atoms with Crippen LogP contribution < -0.4 is 9.64 Å². The summed E-state index contributed by atoms with van der Waals surface area (Å²) in [5.41, 5.74) is 2.59. The smallest absolute Gasteiger partial charge is 0.265 e. The van der Waals surface area contributed by atoms with Gasteiger partial charge in [0, 0.05) is 16.5 Å². The zero-order chi connectivity index (χ0) is 20.4. The lowest BCUT2D eigenvalue weighted by Crippen LogP contribution is -2.42. The van der Waals surface area contributed by atoms with E-state index in [1.807, 2.05) is 17.5 Å². The number of Topliss-reactive ketones (excluding diaryl/α,β-unsaturated/α-hetero) is 1. The van der Waals surface area contributed by atoms with E-state index in [4.69, 9.17) is 4.74 Å². The van der Waals surface area contributed by atoms with Crippen LogP contribution in [-0.2, 0) is 11.2 Å². The third-order valence-electron chi connectivity index (χ3n) is 4.68. The Labute approximate surface area is 171 Å². The highest BCUT2D eigenvalue weighted by Gasteiger charge is 2.28. The number of fused-ring (bicyclic) bond motifs is 1. The first kappa shape index (κ1) is 19.3. The van der Waals surface area contributed by atoms with Gasteiger partial charge in [0.1, 0.15) is 11.6 Å². The first-order chi connectivity index (χ1) is 14.0. The number of ether oxygens (including phenoxy) is 1. The normalized spacial score (nSPS) is 13.2. The molecule has 29 heavy (non-hydrogen) atoms. The third-order valence-corrected chi connectivity index (χ3v) is 5.59. The molecule has 0 radical (unpaired) electrons. The van der Waals surface area contributed by atoms with Crippen molar-refractivity contribution in [2.24, 2.45) is 0 Å². The SMILES string of the molecule is CCCc1nc(-c2ccc3c(c2)N(CC(=O)c2ccc(F)cc2)C(=O)CO3)cs1. The van der Waals surface area contributed by atoms with Gasteiger partial charge in [0.15, 0.2) is 12.4 Å². The number of carbonyl (C=O) groups excluding carboxylic acids is 2. The molecular weight excluding hydrogens is 391 g/mol. The average molecular weight is 410 g/mol. The van der Waals surface area contributed by atoms with Crippen LogP contribution in [0.2, 0.25) is 0 Å². The molecule has 7 heteroatoms. The van der Waals surface area contributed by atoms with Gasteiger partial charge in [-0.05, 0) is 55.3 Å². The summed E-state index contributed by atoms with van der Waals surface area (Å²) in [5.74, 6) is -0.431. The molecule has 0 N–H and O–H groups in total. The zero-order valence-electron chi connectivity index (χ0n) is 15.9. The van der Waals surface area contributed by atoms with Crippen molar-refractivity contribution in [1.29, 1.82) is 0 Å². The van der Waals surface area contributed by atoms with Crippen LogP contribution in [0.15, 0.2) is 47.8 Å². The number of ketones is 1. The number of hydrogen-bond donors (Lipinski definition) is 0. The van der Waals surface area contributed by atoms with Gasteiger partial charge in [-0.1, -0.05) is 6.92 Å². The second-order valence-electron chi connectivity index (χ2n) is 6.76. The van der Waals surface area contributed by atoms with Crippen molar-refractivity contribution < 1.29 is 18.7 Å². The van der Waals surface area contributed by atoms with Crippen LogP contribution in [-0.4, -0.2) is 29.8 Å². The van der Waals surface area contributed by atoms with Gasteiger partial charge in [-0.3, -0.25) is 14.5 Å². The lowest BCUT2D eigenvalue weighted by Gasteiger charge is -2.29. The maximum atomic E-state index is 13.1. The third kappa shape index (κ3) is 4.05. The Morgan fingerprint density at radius 2 is 2.03 bits per heavy atom. The molecule has 1 amide bonds. The highest BCUT2D eigenvalue weighted by molar-refractivity contribution is 7.09. The Balaban J connectivity index is 1.63. The number of anilines is 1. The Bertz CT molecular complexity index is 1060. The van der Waals surface area contributed by atoms with Gasteiger partial charge in [0.2, 0.25) is 0 Å². The van der Waals surface area contributed by atoms with Crippen LogP contribution in [0.3, 0.4) is 0 Å². The van der Waals surface area contributed by atoms with E-state index < -0.39 is 5.82 Å². The molecule has 3 aromatic rings. The summed E-state index contributed by atoms with van der Waals surface area (Å²) >= 11 is 1.61. The van der Waals surface area contributed by atoms with Gasteiger partial charge in [0.25, 0.3) is 5.91 Å². The molecule has 1 aromatic heterocycles. The van der Waals surface area contributed by atoms with Crippen LogP contribution in [0.5, 0.6) is 5.75 Å². The van der Waals surface area contributed by atoms with Gasteiger partial charge < -0.3 is 4.74 Å². The number of halogens is 1. The highest BCUT2D eigenvalue weighted by atomic mass is 32.1. The van der Waals surface area contributed by atoms with Crippen molar-refractivity contribution in [3.05, 3.63) is 64.2 Å². The summed E-state index contributed by atoms with van der Waals surface area (Å²) in [6, 6.07) is 10.8. The van der Waals surface area contributed by atoms with Crippen molar-refractivity contribution in [3.63, 3.8) is 0 Å². The molecule has 0 atom stereocenters. The second kappa shape index (κ2) is 8.13. The van der Waals surface area contributed by atoms with E-state index in [2.05, 4.69) is 11.9 Å². The molecule has 0 aliphatic carbocycles. The first-order valence-corrected chi connectivity index (χ1v) is 10.2. The fourth-order valence-corrected chi connectivity index (χ4v) is 4.09. The summed E-state index contributed by atoms with van der Waals surface area (Å²) in [7, 11) is 0. The van der Waals surface area contributed by atoms with Crippen molar-refractivity contribution in [3.8, 4) is 17.0 Å². The summed E-state index contributed by atoms with van der Waals surface area (Å²) < 4.78 is 18.7. The van der Waals surface area contributed by atoms with Gasteiger partial charge in [-0.15, -0.1) is 11.3 Å². The lowest BCUT2D eigenvalue weighted by molar-refractivity contribution is -0.121. The Morgan fingerprint density at radius 3 is 2.79 bits per heavy atom. The fourth-order valence-electron chi connectivity index (χ4n) is 3.18. The summed E-state index contributed by atoms with van der Waals surface area (Å²) in [5, 5.41) is 3.06. The monoisotopic (exact) mass is 410 g/mol. The number of aromatic nitrogens is 1. The van der Waals surface area contributed by atoms with Crippen molar-refractivity contribution >= 4 is 28.7 Å². The maximum Gasteiger partial charge on any atom is 0.265 e. The molecule has 5 nitrogen and oxygen atoms in total. The molecule has 2 heterocycles. The summed E-state index contributed by atoms with van der Waals surface area (Å²) in [6.07, 6.45) is 1.95. The molecule has 0 saturated heterocycles. The molecule has 1 aliphatic heterocycles. The molecule has 2 aromatic carbocycles. The van der Waals surface area contributed by atoms with Crippen molar-refractivity contribution in [1.82, 2.24) is 4.98 Å².